The van der Waals surface area contributed by atoms with Crippen molar-refractivity contribution in [1.82, 2.24) is 19.4 Å². The second-order valence-corrected chi connectivity index (χ2v) is 9.13. The molecular weight excluding hydrogens is 416 g/mol. The fourth-order valence-electron chi connectivity index (χ4n) is 5.10. The zero-order valence-corrected chi connectivity index (χ0v) is 19.7. The van der Waals surface area contributed by atoms with Crippen LogP contribution in [0, 0.1) is 0 Å². The van der Waals surface area contributed by atoms with Gasteiger partial charge in [0.05, 0.1) is 17.9 Å². The van der Waals surface area contributed by atoms with Crippen molar-refractivity contribution in [3.8, 4) is 5.75 Å². The summed E-state index contributed by atoms with van der Waals surface area (Å²) in [4.78, 5) is 34.8. The average molecular weight is 453 g/mol. The summed E-state index contributed by atoms with van der Waals surface area (Å²) in [5, 5.41) is 0. The van der Waals surface area contributed by atoms with Crippen molar-refractivity contribution in [3.63, 3.8) is 0 Å². The lowest BCUT2D eigenvalue weighted by molar-refractivity contribution is -0.137. The smallest absolute Gasteiger partial charge is 0.257 e. The van der Waals surface area contributed by atoms with Crippen molar-refractivity contribution in [2.24, 2.45) is 0 Å². The van der Waals surface area contributed by atoms with Gasteiger partial charge in [0.15, 0.2) is 0 Å². The van der Waals surface area contributed by atoms with Crippen molar-refractivity contribution in [2.45, 2.75) is 77.0 Å². The lowest BCUT2D eigenvalue weighted by Gasteiger charge is -2.40. The largest absolute Gasteiger partial charge is 0.487 e. The van der Waals surface area contributed by atoms with Gasteiger partial charge in [-0.15, -0.1) is 0 Å². The molecule has 1 fully saturated rings. The van der Waals surface area contributed by atoms with Gasteiger partial charge in [0.25, 0.3) is 5.91 Å². The predicted molar refractivity (Wildman–Crippen MR) is 127 cm³/mol. The van der Waals surface area contributed by atoms with Crippen molar-refractivity contribution in [3.05, 3.63) is 48.5 Å². The van der Waals surface area contributed by atoms with Gasteiger partial charge in [0.2, 0.25) is 5.91 Å². The van der Waals surface area contributed by atoms with E-state index in [2.05, 4.69) is 9.88 Å². The van der Waals surface area contributed by atoms with Crippen LogP contribution in [0.4, 0.5) is 0 Å². The molecule has 0 unspecified atom stereocenters. The Morgan fingerprint density at radius 3 is 2.64 bits per heavy atom. The fraction of sp³-hybridized carbons (Fsp3) is 0.577. The minimum Gasteiger partial charge on any atom is -0.487 e. The first-order valence-electron chi connectivity index (χ1n) is 12.5. The lowest BCUT2D eigenvalue weighted by atomic mass is 9.90. The number of rotatable bonds is 3. The highest BCUT2D eigenvalue weighted by Gasteiger charge is 2.35. The first kappa shape index (κ1) is 23.3. The Hall–Kier alpha value is -2.83. The third kappa shape index (κ3) is 5.75. The third-order valence-electron chi connectivity index (χ3n) is 6.91. The van der Waals surface area contributed by atoms with E-state index in [0.29, 0.717) is 24.4 Å². The zero-order valence-electron chi connectivity index (χ0n) is 19.7. The number of fused-ring (bicyclic) bond motifs is 2. The highest BCUT2D eigenvalue weighted by Crippen LogP contribution is 2.30. The van der Waals surface area contributed by atoms with E-state index in [4.69, 9.17) is 4.74 Å². The highest BCUT2D eigenvalue weighted by molar-refractivity contribution is 5.97. The van der Waals surface area contributed by atoms with Crippen molar-refractivity contribution >= 4 is 11.8 Å². The minimum absolute atomic E-state index is 0.0168. The number of aromatic nitrogens is 2. The van der Waals surface area contributed by atoms with Crippen LogP contribution in [0.1, 0.15) is 68.6 Å². The number of carbonyl (C=O) groups is 2. The van der Waals surface area contributed by atoms with Crippen LogP contribution in [0.5, 0.6) is 5.75 Å². The van der Waals surface area contributed by atoms with E-state index in [1.165, 1.54) is 0 Å². The molecule has 2 atom stereocenters. The number of benzene rings is 1. The Morgan fingerprint density at radius 2 is 1.85 bits per heavy atom. The molecule has 4 rings (SSSR count). The Balaban J connectivity index is 1.63. The molecule has 2 aromatic rings. The Bertz CT molecular complexity index is 914. The summed E-state index contributed by atoms with van der Waals surface area (Å²) in [6, 6.07) is 7.60. The van der Waals surface area contributed by atoms with E-state index in [9.17, 15) is 9.59 Å². The maximum atomic E-state index is 13.4. The normalized spacial score (nSPS) is 22.6. The van der Waals surface area contributed by atoms with Crippen LogP contribution in [0.3, 0.4) is 0 Å². The van der Waals surface area contributed by atoms with Gasteiger partial charge in [0, 0.05) is 32.0 Å². The first-order valence-corrected chi connectivity index (χ1v) is 12.5. The van der Waals surface area contributed by atoms with E-state index in [1.54, 1.807) is 12.5 Å². The van der Waals surface area contributed by atoms with E-state index in [-0.39, 0.29) is 24.0 Å². The molecule has 178 valence electrons. The Labute approximate surface area is 196 Å². The summed E-state index contributed by atoms with van der Waals surface area (Å²) in [5.41, 5.74) is 0.622. The molecule has 7 nitrogen and oxygen atoms in total. The van der Waals surface area contributed by atoms with Gasteiger partial charge in [-0.2, -0.15) is 0 Å². The molecule has 33 heavy (non-hydrogen) atoms. The van der Waals surface area contributed by atoms with Gasteiger partial charge >= 0.3 is 0 Å². The fourth-order valence-corrected chi connectivity index (χ4v) is 5.10. The molecule has 1 aliphatic carbocycles. The Kier molecular flexibility index (Phi) is 8.02. The van der Waals surface area contributed by atoms with Crippen LogP contribution in [-0.4, -0.2) is 62.9 Å². The van der Waals surface area contributed by atoms with Gasteiger partial charge in [-0.25, -0.2) is 4.98 Å². The summed E-state index contributed by atoms with van der Waals surface area (Å²) in [6.07, 6.45) is 13.1. The van der Waals surface area contributed by atoms with Gasteiger partial charge in [0.1, 0.15) is 18.4 Å². The number of carbonyl (C=O) groups excluding carboxylic acids is 2. The van der Waals surface area contributed by atoms with Gasteiger partial charge in [-0.05, 0) is 51.2 Å². The molecule has 0 saturated heterocycles. The predicted octanol–water partition coefficient (Wildman–Crippen LogP) is 4.14. The molecule has 1 aliphatic heterocycles. The second-order valence-electron chi connectivity index (χ2n) is 9.13. The van der Waals surface area contributed by atoms with Crippen LogP contribution >= 0.6 is 0 Å². The van der Waals surface area contributed by atoms with Gasteiger partial charge in [-0.1, -0.05) is 31.4 Å². The molecule has 0 radical (unpaired) electrons. The molecule has 2 heterocycles. The number of ether oxygens (including phenoxy) is 1. The summed E-state index contributed by atoms with van der Waals surface area (Å²) in [5.74, 6) is 0.782. The summed E-state index contributed by atoms with van der Waals surface area (Å²) < 4.78 is 8.40. The maximum absolute atomic E-state index is 13.4. The monoisotopic (exact) mass is 452 g/mol. The van der Waals surface area contributed by atoms with E-state index < -0.39 is 0 Å². The van der Waals surface area contributed by atoms with Crippen molar-refractivity contribution in [2.75, 3.05) is 19.6 Å². The first-order chi connectivity index (χ1) is 16.2. The number of hydrogen-bond donors (Lipinski definition) is 0. The molecule has 0 spiro atoms. The Morgan fingerprint density at radius 1 is 1.06 bits per heavy atom. The molecule has 1 aromatic heterocycles. The zero-order chi connectivity index (χ0) is 23.0. The molecular formula is C26H36N4O3. The summed E-state index contributed by atoms with van der Waals surface area (Å²) >= 11 is 0. The van der Waals surface area contributed by atoms with Crippen LogP contribution in [0.2, 0.25) is 0 Å². The van der Waals surface area contributed by atoms with E-state index >= 15 is 0 Å². The van der Waals surface area contributed by atoms with Crippen LogP contribution in [0.25, 0.3) is 0 Å². The quantitative estimate of drug-likeness (QED) is 0.702. The van der Waals surface area contributed by atoms with Crippen molar-refractivity contribution < 1.29 is 14.3 Å². The molecule has 1 aromatic carbocycles. The van der Waals surface area contributed by atoms with Gasteiger partial charge in [-0.3, -0.25) is 9.59 Å². The van der Waals surface area contributed by atoms with Crippen molar-refractivity contribution in [1.29, 1.82) is 0 Å². The number of hydrogen-bond acceptors (Lipinski definition) is 4. The molecule has 2 aliphatic rings. The standard InChI is InChI=1S/C26H36N4O3/c1-2-29-16-9-3-4-10-17-30(25(31)19-28-18-15-27-20-28)22-12-6-8-14-24(22)33-23-13-7-5-11-21(23)26(29)32/h5,7,11,13,15,18,20,22,24H,2-4,6,8-10,12,14,16-17,19H2,1H3/t22-,24+/m1/s1. The number of nitrogens with zero attached hydrogens (tertiary/aromatic N) is 4. The van der Waals surface area contributed by atoms with Crippen LogP contribution in [-0.2, 0) is 11.3 Å². The lowest BCUT2D eigenvalue weighted by Crippen LogP contribution is -2.52. The van der Waals surface area contributed by atoms with Crippen LogP contribution in [0.15, 0.2) is 43.0 Å². The number of amides is 2. The molecule has 0 N–H and O–H groups in total. The number of imidazole rings is 1. The van der Waals surface area contributed by atoms with E-state index in [1.807, 2.05) is 46.9 Å². The molecule has 1 saturated carbocycles. The molecule has 2 amide bonds. The molecule has 7 heteroatoms. The maximum Gasteiger partial charge on any atom is 0.257 e. The van der Waals surface area contributed by atoms with E-state index in [0.717, 1.165) is 64.5 Å². The summed E-state index contributed by atoms with van der Waals surface area (Å²) in [7, 11) is 0. The highest BCUT2D eigenvalue weighted by atomic mass is 16.5. The van der Waals surface area contributed by atoms with Crippen LogP contribution < -0.4 is 4.74 Å². The topological polar surface area (TPSA) is 67.7 Å². The second kappa shape index (κ2) is 11.3. The third-order valence-corrected chi connectivity index (χ3v) is 6.91. The van der Waals surface area contributed by atoms with Gasteiger partial charge < -0.3 is 19.1 Å². The molecule has 0 bridgehead atoms. The average Bonchev–Trinajstić information content (AvgIpc) is 3.34. The summed E-state index contributed by atoms with van der Waals surface area (Å²) in [6.45, 7) is 4.51. The minimum atomic E-state index is -0.113. The SMILES string of the molecule is CCN1CCCCCCN(C(=O)Cn2ccnc2)[C@@H]2CCCC[C@@H]2Oc2ccccc2C1=O. The number of para-hydroxylation sites is 1.